The van der Waals surface area contributed by atoms with Crippen LogP contribution in [-0.2, 0) is 14.3 Å². The van der Waals surface area contributed by atoms with Crippen LogP contribution in [0.1, 0.15) is 12.5 Å². The van der Waals surface area contributed by atoms with Gasteiger partial charge in [0, 0.05) is 16.2 Å². The first-order valence-electron chi connectivity index (χ1n) is 5.38. The third kappa shape index (κ3) is 4.71. The zero-order valence-electron chi connectivity index (χ0n) is 10.2. The standard InChI is InChI=1S/C13H14BrNO3/c1-3-4-13(17)18-8-12(16)15-10-5-6-11(14)9(2)7-10/h3-7H,8H2,1-2H3,(H,15,16)/b4-3+. The van der Waals surface area contributed by atoms with Crippen molar-refractivity contribution >= 4 is 33.5 Å². The van der Waals surface area contributed by atoms with Gasteiger partial charge < -0.3 is 10.1 Å². The number of hydrogen-bond donors (Lipinski definition) is 1. The Labute approximate surface area is 114 Å². The van der Waals surface area contributed by atoms with Crippen LogP contribution >= 0.6 is 15.9 Å². The molecule has 0 bridgehead atoms. The lowest BCUT2D eigenvalue weighted by atomic mass is 10.2. The van der Waals surface area contributed by atoms with Crippen molar-refractivity contribution in [3.05, 3.63) is 40.4 Å². The van der Waals surface area contributed by atoms with Gasteiger partial charge in [-0.15, -0.1) is 0 Å². The van der Waals surface area contributed by atoms with Gasteiger partial charge in [-0.05, 0) is 37.6 Å². The van der Waals surface area contributed by atoms with Crippen molar-refractivity contribution in [3.63, 3.8) is 0 Å². The van der Waals surface area contributed by atoms with Crippen LogP contribution in [0.4, 0.5) is 5.69 Å². The summed E-state index contributed by atoms with van der Waals surface area (Å²) in [6, 6.07) is 5.44. The van der Waals surface area contributed by atoms with E-state index in [1.54, 1.807) is 19.1 Å². The van der Waals surface area contributed by atoms with Gasteiger partial charge in [0.1, 0.15) is 0 Å². The number of nitrogens with one attached hydrogen (secondary N) is 1. The molecule has 0 aliphatic heterocycles. The van der Waals surface area contributed by atoms with E-state index in [1.807, 2.05) is 19.1 Å². The number of carbonyl (C=O) groups is 2. The van der Waals surface area contributed by atoms with E-state index >= 15 is 0 Å². The van der Waals surface area contributed by atoms with Gasteiger partial charge in [-0.25, -0.2) is 4.79 Å². The van der Waals surface area contributed by atoms with Crippen molar-refractivity contribution in [3.8, 4) is 0 Å². The van der Waals surface area contributed by atoms with Gasteiger partial charge in [0.05, 0.1) is 0 Å². The third-order valence-electron chi connectivity index (χ3n) is 2.09. The highest BCUT2D eigenvalue weighted by Gasteiger charge is 2.06. The average Bonchev–Trinajstić information content (AvgIpc) is 2.32. The minimum atomic E-state index is -0.528. The molecule has 0 unspecified atom stereocenters. The molecule has 0 fully saturated rings. The molecule has 1 aromatic rings. The third-order valence-corrected chi connectivity index (χ3v) is 2.98. The number of allylic oxidation sites excluding steroid dienone is 1. The summed E-state index contributed by atoms with van der Waals surface area (Å²) < 4.78 is 5.70. The molecule has 0 radical (unpaired) electrons. The first-order valence-corrected chi connectivity index (χ1v) is 6.17. The van der Waals surface area contributed by atoms with E-state index < -0.39 is 5.97 Å². The fourth-order valence-electron chi connectivity index (χ4n) is 1.24. The quantitative estimate of drug-likeness (QED) is 0.687. The van der Waals surface area contributed by atoms with E-state index in [4.69, 9.17) is 4.74 Å². The van der Waals surface area contributed by atoms with E-state index in [1.165, 1.54) is 6.08 Å². The Bertz CT molecular complexity index is 483. The molecule has 1 rings (SSSR count). The van der Waals surface area contributed by atoms with Crippen molar-refractivity contribution in [2.75, 3.05) is 11.9 Å². The second-order valence-electron chi connectivity index (χ2n) is 3.62. The number of esters is 1. The van der Waals surface area contributed by atoms with Crippen LogP contribution < -0.4 is 5.32 Å². The van der Waals surface area contributed by atoms with Crippen molar-refractivity contribution in [2.24, 2.45) is 0 Å². The fraction of sp³-hybridized carbons (Fsp3) is 0.231. The molecule has 0 saturated carbocycles. The van der Waals surface area contributed by atoms with E-state index in [0.717, 1.165) is 10.0 Å². The van der Waals surface area contributed by atoms with Crippen molar-refractivity contribution in [2.45, 2.75) is 13.8 Å². The van der Waals surface area contributed by atoms with Gasteiger partial charge in [0.15, 0.2) is 6.61 Å². The lowest BCUT2D eigenvalue weighted by Crippen LogP contribution is -2.20. The van der Waals surface area contributed by atoms with Gasteiger partial charge in [-0.3, -0.25) is 4.79 Å². The molecular formula is C13H14BrNO3. The molecule has 1 N–H and O–H groups in total. The molecule has 5 heteroatoms. The highest BCUT2D eigenvalue weighted by Crippen LogP contribution is 2.19. The molecule has 0 heterocycles. The first-order chi connectivity index (χ1) is 8.52. The maximum atomic E-state index is 11.5. The largest absolute Gasteiger partial charge is 0.452 e. The van der Waals surface area contributed by atoms with E-state index in [-0.39, 0.29) is 12.5 Å². The summed E-state index contributed by atoms with van der Waals surface area (Å²) in [6.45, 7) is 3.33. The Morgan fingerprint density at radius 2 is 2.17 bits per heavy atom. The Kier molecular flexibility index (Phi) is 5.58. The van der Waals surface area contributed by atoms with Crippen LogP contribution in [0.25, 0.3) is 0 Å². The molecule has 18 heavy (non-hydrogen) atoms. The number of ether oxygens (including phenoxy) is 1. The van der Waals surface area contributed by atoms with Crippen molar-refractivity contribution < 1.29 is 14.3 Å². The van der Waals surface area contributed by atoms with Gasteiger partial charge in [0.25, 0.3) is 5.91 Å². The van der Waals surface area contributed by atoms with Crippen LogP contribution in [0.15, 0.2) is 34.8 Å². The van der Waals surface area contributed by atoms with E-state index in [0.29, 0.717) is 5.69 Å². The van der Waals surface area contributed by atoms with Gasteiger partial charge in [0.2, 0.25) is 0 Å². The molecule has 1 aromatic carbocycles. The smallest absolute Gasteiger partial charge is 0.330 e. The minimum absolute atomic E-state index is 0.293. The lowest BCUT2D eigenvalue weighted by molar-refractivity contribution is -0.142. The number of anilines is 1. The predicted octanol–water partition coefficient (Wildman–Crippen LogP) is 2.82. The Hall–Kier alpha value is -1.62. The summed E-state index contributed by atoms with van der Waals surface area (Å²) in [4.78, 5) is 22.5. The Morgan fingerprint density at radius 1 is 1.44 bits per heavy atom. The maximum absolute atomic E-state index is 11.5. The second-order valence-corrected chi connectivity index (χ2v) is 4.47. The van der Waals surface area contributed by atoms with Crippen LogP contribution in [0.3, 0.4) is 0 Å². The SMILES string of the molecule is C/C=C/C(=O)OCC(=O)Nc1ccc(Br)c(C)c1. The zero-order valence-corrected chi connectivity index (χ0v) is 11.8. The van der Waals surface area contributed by atoms with Crippen molar-refractivity contribution in [1.82, 2.24) is 0 Å². The molecule has 0 aromatic heterocycles. The van der Waals surface area contributed by atoms with Crippen LogP contribution in [-0.4, -0.2) is 18.5 Å². The number of halogens is 1. The van der Waals surface area contributed by atoms with Gasteiger partial charge in [-0.1, -0.05) is 22.0 Å². The van der Waals surface area contributed by atoms with E-state index in [9.17, 15) is 9.59 Å². The summed E-state index contributed by atoms with van der Waals surface area (Å²) in [5.41, 5.74) is 1.68. The maximum Gasteiger partial charge on any atom is 0.330 e. The van der Waals surface area contributed by atoms with Crippen LogP contribution in [0.5, 0.6) is 0 Å². The molecule has 0 aliphatic carbocycles. The number of hydrogen-bond acceptors (Lipinski definition) is 3. The minimum Gasteiger partial charge on any atom is -0.452 e. The molecule has 0 saturated heterocycles. The number of carbonyl (C=O) groups excluding carboxylic acids is 2. The summed E-state index contributed by atoms with van der Waals surface area (Å²) in [5.74, 6) is -0.894. The summed E-state index contributed by atoms with van der Waals surface area (Å²) in [7, 11) is 0. The fourth-order valence-corrected chi connectivity index (χ4v) is 1.49. The molecule has 0 atom stereocenters. The highest BCUT2D eigenvalue weighted by atomic mass is 79.9. The lowest BCUT2D eigenvalue weighted by Gasteiger charge is -2.07. The second kappa shape index (κ2) is 6.96. The monoisotopic (exact) mass is 311 g/mol. The first kappa shape index (κ1) is 14.4. The predicted molar refractivity (Wildman–Crippen MR) is 73.3 cm³/mol. The summed E-state index contributed by atoms with van der Waals surface area (Å²) in [6.07, 6.45) is 2.81. The molecular weight excluding hydrogens is 298 g/mol. The average molecular weight is 312 g/mol. The molecule has 0 spiro atoms. The Balaban J connectivity index is 2.49. The van der Waals surface area contributed by atoms with E-state index in [2.05, 4.69) is 21.2 Å². The Morgan fingerprint density at radius 3 is 2.78 bits per heavy atom. The number of amides is 1. The van der Waals surface area contributed by atoms with Crippen LogP contribution in [0.2, 0.25) is 0 Å². The highest BCUT2D eigenvalue weighted by molar-refractivity contribution is 9.10. The number of aryl methyl sites for hydroxylation is 1. The number of benzene rings is 1. The van der Waals surface area contributed by atoms with Crippen molar-refractivity contribution in [1.29, 1.82) is 0 Å². The zero-order chi connectivity index (χ0) is 13.5. The van der Waals surface area contributed by atoms with Gasteiger partial charge in [-0.2, -0.15) is 0 Å². The normalized spacial score (nSPS) is 10.4. The summed E-state index contributed by atoms with van der Waals surface area (Å²) in [5, 5.41) is 2.65. The number of rotatable bonds is 4. The van der Waals surface area contributed by atoms with Gasteiger partial charge >= 0.3 is 5.97 Å². The topological polar surface area (TPSA) is 55.4 Å². The molecule has 1 amide bonds. The molecule has 0 aliphatic rings. The van der Waals surface area contributed by atoms with Crippen LogP contribution in [0, 0.1) is 6.92 Å². The molecule has 96 valence electrons. The molecule has 4 nitrogen and oxygen atoms in total. The summed E-state index contributed by atoms with van der Waals surface area (Å²) >= 11 is 3.37.